The lowest BCUT2D eigenvalue weighted by atomic mass is 10.0. The highest BCUT2D eigenvalue weighted by atomic mass is 32.1. The van der Waals surface area contributed by atoms with E-state index in [2.05, 4.69) is 44.5 Å². The predicted octanol–water partition coefficient (Wildman–Crippen LogP) is 5.97. The van der Waals surface area contributed by atoms with Gasteiger partial charge in [0.25, 0.3) is 5.91 Å². The molecule has 1 aliphatic rings. The molecule has 0 saturated carbocycles. The molecule has 254 valence electrons. The first-order valence-corrected chi connectivity index (χ1v) is 17.3. The molecule has 8 rings (SSSR count). The van der Waals surface area contributed by atoms with E-state index in [4.69, 9.17) is 21.4 Å². The number of nitrogens with two attached hydrogens (primary N) is 2. The second-order valence-electron chi connectivity index (χ2n) is 12.5. The molecule has 1 saturated heterocycles. The Labute approximate surface area is 295 Å². The zero-order valence-electron chi connectivity index (χ0n) is 27.3. The number of nitrogen functional groups attached to an aromatic ring is 1. The molecule has 1 aliphatic heterocycles. The van der Waals surface area contributed by atoms with E-state index in [9.17, 15) is 14.0 Å². The Hall–Kier alpha value is -6.05. The lowest BCUT2D eigenvalue weighted by Crippen LogP contribution is -2.44. The third kappa shape index (κ3) is 6.40. The van der Waals surface area contributed by atoms with Crippen molar-refractivity contribution in [2.24, 2.45) is 5.73 Å². The summed E-state index contributed by atoms with van der Waals surface area (Å²) in [6, 6.07) is 28.4. The van der Waals surface area contributed by atoms with Gasteiger partial charge in [-0.1, -0.05) is 42.5 Å². The van der Waals surface area contributed by atoms with Gasteiger partial charge in [0.05, 0.1) is 27.0 Å². The number of primary amides is 1. The summed E-state index contributed by atoms with van der Waals surface area (Å²) >= 11 is 1.04. The molecule has 11 nitrogen and oxygen atoms in total. The van der Waals surface area contributed by atoms with Crippen LogP contribution in [0.1, 0.15) is 38.6 Å². The summed E-state index contributed by atoms with van der Waals surface area (Å²) in [5.74, 6) is -0.676. The number of thiazole rings is 1. The molecular weight excluding hydrogens is 666 g/mol. The summed E-state index contributed by atoms with van der Waals surface area (Å²) in [4.78, 5) is 45.8. The minimum Gasteiger partial charge on any atom is -0.383 e. The lowest BCUT2D eigenvalue weighted by Gasteiger charge is -2.32. The van der Waals surface area contributed by atoms with E-state index in [0.29, 0.717) is 16.3 Å². The number of piperidine rings is 1. The number of anilines is 1. The average molecular weight is 698 g/mol. The quantitative estimate of drug-likeness (QED) is 0.175. The fraction of sp³-hybridized carbons (Fsp3) is 0.158. The van der Waals surface area contributed by atoms with Gasteiger partial charge in [-0.15, -0.1) is 11.3 Å². The monoisotopic (exact) mass is 697 g/mol. The maximum atomic E-state index is 14.0. The van der Waals surface area contributed by atoms with Crippen molar-refractivity contribution < 1.29 is 14.0 Å². The molecule has 4 aromatic heterocycles. The molecule has 0 bridgehead atoms. The van der Waals surface area contributed by atoms with Crippen LogP contribution >= 0.6 is 11.3 Å². The van der Waals surface area contributed by atoms with Crippen molar-refractivity contribution in [3.8, 4) is 28.3 Å². The van der Waals surface area contributed by atoms with Gasteiger partial charge in [-0.3, -0.25) is 19.1 Å². The van der Waals surface area contributed by atoms with Crippen LogP contribution in [0, 0.1) is 5.82 Å². The first-order chi connectivity index (χ1) is 24.8. The molecule has 1 fully saturated rings. The third-order valence-electron chi connectivity index (χ3n) is 9.09. The molecule has 7 aromatic rings. The molecule has 0 unspecified atom stereocenters. The van der Waals surface area contributed by atoms with Crippen LogP contribution in [-0.4, -0.2) is 60.3 Å². The molecule has 5 heterocycles. The van der Waals surface area contributed by atoms with Gasteiger partial charge >= 0.3 is 0 Å². The van der Waals surface area contributed by atoms with Gasteiger partial charge in [0.15, 0.2) is 16.5 Å². The summed E-state index contributed by atoms with van der Waals surface area (Å²) in [7, 11) is 0. The Morgan fingerprint density at radius 1 is 0.902 bits per heavy atom. The molecular formula is C38H32FN9O2S. The van der Waals surface area contributed by atoms with E-state index in [-0.39, 0.29) is 28.0 Å². The molecule has 0 spiro atoms. The molecule has 5 N–H and O–H groups in total. The van der Waals surface area contributed by atoms with Crippen molar-refractivity contribution in [3.63, 3.8) is 0 Å². The lowest BCUT2D eigenvalue weighted by molar-refractivity contribution is 0.0908. The number of aromatic nitrogens is 5. The smallest absolute Gasteiger partial charge is 0.280 e. The number of imidazole rings is 1. The number of hydrogen-bond donors (Lipinski definition) is 3. The standard InChI is InChI=1S/C38H32FN9O2S/c39-24-19-28(34(41)49)32-31(20-24)46-38(51-32)37(50)43-25-14-17-47(18-15-25)21-22-8-10-26(11-9-22)48-35(27-7-4-16-42-33(27)40)45-30-13-12-29(44-36(30)48)23-5-2-1-3-6-23/h1-13,16,19-20,25H,14-15,17-18,21H2,(H2,40,42)(H2,41,49)(H,43,50). The molecule has 51 heavy (non-hydrogen) atoms. The summed E-state index contributed by atoms with van der Waals surface area (Å²) < 4.78 is 16.4. The van der Waals surface area contributed by atoms with Crippen molar-refractivity contribution in [1.29, 1.82) is 0 Å². The van der Waals surface area contributed by atoms with Crippen molar-refractivity contribution >= 4 is 50.3 Å². The van der Waals surface area contributed by atoms with Crippen LogP contribution in [0.5, 0.6) is 0 Å². The predicted molar refractivity (Wildman–Crippen MR) is 196 cm³/mol. The minimum atomic E-state index is -0.763. The number of fused-ring (bicyclic) bond motifs is 2. The van der Waals surface area contributed by atoms with Crippen molar-refractivity contribution in [2.75, 3.05) is 18.8 Å². The molecule has 0 radical (unpaired) electrons. The van der Waals surface area contributed by atoms with Crippen LogP contribution in [-0.2, 0) is 6.54 Å². The summed E-state index contributed by atoms with van der Waals surface area (Å²) in [6.45, 7) is 2.35. The SMILES string of the molecule is NC(=O)c1cc(F)cc2nc(C(=O)NC3CCN(Cc4ccc(-n5c(-c6cccnc6N)nc6ccc(-c7ccccc7)nc65)cc4)CC3)sc12. The number of rotatable bonds is 8. The van der Waals surface area contributed by atoms with Crippen molar-refractivity contribution in [2.45, 2.75) is 25.4 Å². The maximum Gasteiger partial charge on any atom is 0.280 e. The Morgan fingerprint density at radius 3 is 2.43 bits per heavy atom. The van der Waals surface area contributed by atoms with Gasteiger partial charge in [-0.25, -0.2) is 24.3 Å². The molecule has 2 amide bonds. The first kappa shape index (κ1) is 32.2. The van der Waals surface area contributed by atoms with E-state index in [1.54, 1.807) is 6.20 Å². The number of halogens is 1. The maximum absolute atomic E-state index is 14.0. The summed E-state index contributed by atoms with van der Waals surface area (Å²) in [5, 5.41) is 3.24. The first-order valence-electron chi connectivity index (χ1n) is 16.5. The van der Waals surface area contributed by atoms with Crippen LogP contribution in [0.3, 0.4) is 0 Å². The second-order valence-corrected chi connectivity index (χ2v) is 13.5. The molecule has 0 atom stereocenters. The Kier molecular flexibility index (Phi) is 8.42. The van der Waals surface area contributed by atoms with Gasteiger partial charge in [-0.05, 0) is 60.9 Å². The number of nitrogens with one attached hydrogen (secondary N) is 1. The fourth-order valence-electron chi connectivity index (χ4n) is 6.53. The number of pyridine rings is 2. The normalized spacial score (nSPS) is 13.9. The Balaban J connectivity index is 0.975. The highest BCUT2D eigenvalue weighted by Crippen LogP contribution is 2.32. The largest absolute Gasteiger partial charge is 0.383 e. The Bertz CT molecular complexity index is 2420. The van der Waals surface area contributed by atoms with Crippen LogP contribution in [0.4, 0.5) is 10.2 Å². The van der Waals surface area contributed by atoms with Gasteiger partial charge in [-0.2, -0.15) is 0 Å². The van der Waals surface area contributed by atoms with Crippen molar-refractivity contribution in [1.82, 2.24) is 34.7 Å². The average Bonchev–Trinajstić information content (AvgIpc) is 3.75. The topological polar surface area (TPSA) is 158 Å². The van der Waals surface area contributed by atoms with E-state index in [1.165, 1.54) is 6.07 Å². The number of amides is 2. The highest BCUT2D eigenvalue weighted by Gasteiger charge is 2.24. The molecule has 0 aliphatic carbocycles. The third-order valence-corrected chi connectivity index (χ3v) is 10.2. The number of benzene rings is 3. The van der Waals surface area contributed by atoms with Gasteiger partial charge in [0.2, 0.25) is 5.91 Å². The number of hydrogen-bond acceptors (Lipinski definition) is 9. The van der Waals surface area contributed by atoms with Crippen LogP contribution in [0.2, 0.25) is 0 Å². The second kappa shape index (κ2) is 13.3. The zero-order chi connectivity index (χ0) is 35.1. The highest BCUT2D eigenvalue weighted by molar-refractivity contribution is 7.20. The fourth-order valence-corrected chi connectivity index (χ4v) is 7.50. The van der Waals surface area contributed by atoms with Gasteiger partial charge in [0, 0.05) is 49.2 Å². The van der Waals surface area contributed by atoms with E-state index < -0.39 is 11.7 Å². The number of carbonyl (C=O) groups excluding carboxylic acids is 2. The number of carbonyl (C=O) groups is 2. The van der Waals surface area contributed by atoms with Crippen molar-refractivity contribution in [3.05, 3.63) is 119 Å². The van der Waals surface area contributed by atoms with Crippen LogP contribution in [0.15, 0.2) is 97.2 Å². The van der Waals surface area contributed by atoms with Gasteiger partial charge < -0.3 is 16.8 Å². The summed E-state index contributed by atoms with van der Waals surface area (Å²) in [6.07, 6.45) is 3.20. The summed E-state index contributed by atoms with van der Waals surface area (Å²) in [5.41, 5.74) is 18.1. The Morgan fingerprint density at radius 2 is 1.69 bits per heavy atom. The molecule has 13 heteroatoms. The molecule has 3 aromatic carbocycles. The number of nitrogens with zero attached hydrogens (tertiary/aromatic N) is 6. The minimum absolute atomic E-state index is 0.0220. The van der Waals surface area contributed by atoms with Gasteiger partial charge in [0.1, 0.15) is 17.2 Å². The zero-order valence-corrected chi connectivity index (χ0v) is 28.1. The van der Waals surface area contributed by atoms with E-state index in [0.717, 1.165) is 89.1 Å². The van der Waals surface area contributed by atoms with E-state index in [1.807, 2.05) is 59.2 Å². The number of likely N-dealkylation sites (tertiary alicyclic amines) is 1. The van der Waals surface area contributed by atoms with Crippen LogP contribution < -0.4 is 16.8 Å². The van der Waals surface area contributed by atoms with Crippen LogP contribution in [0.25, 0.3) is 49.7 Å². The van der Waals surface area contributed by atoms with E-state index >= 15 is 0 Å².